The number of nitrogens with one attached hydrogen (secondary N) is 1. The van der Waals surface area contributed by atoms with Crippen molar-refractivity contribution in [1.82, 2.24) is 10.2 Å². The summed E-state index contributed by atoms with van der Waals surface area (Å²) in [5.74, 6) is -1.26. The highest BCUT2D eigenvalue weighted by atomic mass is 16.4. The number of carbonyl (C=O) groups excluding carboxylic acids is 1. The Morgan fingerprint density at radius 3 is 2.17 bits per heavy atom. The fraction of sp³-hybridized carbons (Fsp3) is 0.556. The minimum atomic E-state index is -0.903. The highest BCUT2D eigenvalue weighted by Gasteiger charge is 2.22. The first-order valence-electron chi connectivity index (χ1n) is 8.09. The molecular formula is C18H28N2O3. The second-order valence-electron chi connectivity index (χ2n) is 6.39. The lowest BCUT2D eigenvalue weighted by Gasteiger charge is -2.27. The maximum atomic E-state index is 12.3. The first-order chi connectivity index (χ1) is 10.8. The molecule has 0 spiro atoms. The maximum absolute atomic E-state index is 12.3. The molecule has 2 amide bonds. The Bertz CT molecular complexity index is 526. The predicted octanol–water partition coefficient (Wildman–Crippen LogP) is 3.31. The van der Waals surface area contributed by atoms with Crippen molar-refractivity contribution >= 4 is 12.0 Å². The fourth-order valence-electron chi connectivity index (χ4n) is 2.41. The molecule has 0 aromatic heterocycles. The van der Waals surface area contributed by atoms with Gasteiger partial charge in [0.2, 0.25) is 0 Å². The fourth-order valence-corrected chi connectivity index (χ4v) is 2.41. The summed E-state index contributed by atoms with van der Waals surface area (Å²) in [6.07, 6.45) is 0.981. The second kappa shape index (κ2) is 8.56. The van der Waals surface area contributed by atoms with E-state index in [0.717, 1.165) is 12.0 Å². The molecule has 1 aromatic rings. The molecule has 1 rings (SSSR count). The molecule has 0 bridgehead atoms. The van der Waals surface area contributed by atoms with E-state index in [1.54, 1.807) is 14.0 Å². The van der Waals surface area contributed by atoms with Crippen molar-refractivity contribution in [2.75, 3.05) is 13.6 Å². The third-order valence-corrected chi connectivity index (χ3v) is 4.01. The molecule has 5 heteroatoms. The average Bonchev–Trinajstić information content (AvgIpc) is 2.51. The summed E-state index contributed by atoms with van der Waals surface area (Å²) in [6, 6.07) is 7.89. The molecule has 1 aromatic carbocycles. The summed E-state index contributed by atoms with van der Waals surface area (Å²) in [5.41, 5.74) is 2.32. The molecule has 0 radical (unpaired) electrons. The van der Waals surface area contributed by atoms with Gasteiger partial charge in [-0.3, -0.25) is 4.79 Å². The van der Waals surface area contributed by atoms with Gasteiger partial charge in [-0.25, -0.2) is 4.79 Å². The topological polar surface area (TPSA) is 69.6 Å². The normalized spacial score (nSPS) is 13.5. The second-order valence-corrected chi connectivity index (χ2v) is 6.39. The van der Waals surface area contributed by atoms with Crippen LogP contribution in [-0.2, 0) is 11.2 Å². The van der Waals surface area contributed by atoms with Gasteiger partial charge in [0.25, 0.3) is 0 Å². The van der Waals surface area contributed by atoms with Gasteiger partial charge in [-0.15, -0.1) is 0 Å². The maximum Gasteiger partial charge on any atom is 0.317 e. The van der Waals surface area contributed by atoms with Crippen LogP contribution in [0.2, 0.25) is 0 Å². The van der Waals surface area contributed by atoms with E-state index < -0.39 is 11.9 Å². The molecule has 23 heavy (non-hydrogen) atoms. The Morgan fingerprint density at radius 1 is 1.17 bits per heavy atom. The summed E-state index contributed by atoms with van der Waals surface area (Å²) < 4.78 is 0. The molecule has 0 saturated heterocycles. The van der Waals surface area contributed by atoms with Gasteiger partial charge in [0.15, 0.2) is 0 Å². The Morgan fingerprint density at radius 2 is 1.74 bits per heavy atom. The summed E-state index contributed by atoms with van der Waals surface area (Å²) in [5, 5.41) is 12.0. The van der Waals surface area contributed by atoms with Gasteiger partial charge in [0.1, 0.15) is 0 Å². The van der Waals surface area contributed by atoms with Crippen LogP contribution in [0.15, 0.2) is 24.3 Å². The number of carbonyl (C=O) groups is 2. The number of urea groups is 1. The smallest absolute Gasteiger partial charge is 0.317 e. The summed E-state index contributed by atoms with van der Waals surface area (Å²) in [4.78, 5) is 24.7. The van der Waals surface area contributed by atoms with E-state index in [4.69, 9.17) is 5.11 Å². The first-order valence-corrected chi connectivity index (χ1v) is 8.09. The zero-order valence-electron chi connectivity index (χ0n) is 14.7. The Hall–Kier alpha value is -2.04. The van der Waals surface area contributed by atoms with Crippen molar-refractivity contribution in [1.29, 1.82) is 0 Å². The van der Waals surface area contributed by atoms with E-state index in [9.17, 15) is 9.59 Å². The molecule has 0 aliphatic rings. The van der Waals surface area contributed by atoms with Crippen LogP contribution in [0.1, 0.15) is 44.9 Å². The molecule has 0 aliphatic heterocycles. The number of carboxylic acid groups (broad SMARTS) is 1. The zero-order valence-corrected chi connectivity index (χ0v) is 14.7. The minimum absolute atomic E-state index is 0.101. The number of carboxylic acids is 1. The highest BCUT2D eigenvalue weighted by molar-refractivity contribution is 5.76. The van der Waals surface area contributed by atoms with Crippen molar-refractivity contribution < 1.29 is 14.7 Å². The third kappa shape index (κ3) is 5.58. The summed E-state index contributed by atoms with van der Waals surface area (Å²) >= 11 is 0. The number of aliphatic carboxylic acids is 1. The quantitative estimate of drug-likeness (QED) is 0.810. The zero-order chi connectivity index (χ0) is 17.6. The van der Waals surface area contributed by atoms with Crippen LogP contribution in [0.25, 0.3) is 0 Å². The Kier molecular flexibility index (Phi) is 7.07. The van der Waals surface area contributed by atoms with E-state index >= 15 is 0 Å². The van der Waals surface area contributed by atoms with Gasteiger partial charge < -0.3 is 15.3 Å². The lowest BCUT2D eigenvalue weighted by atomic mass is 9.95. The summed E-state index contributed by atoms with van der Waals surface area (Å²) in [6.45, 7) is 7.99. The molecule has 0 saturated carbocycles. The van der Waals surface area contributed by atoms with Crippen LogP contribution < -0.4 is 5.32 Å². The summed E-state index contributed by atoms with van der Waals surface area (Å²) in [7, 11) is 1.62. The molecule has 0 heterocycles. The number of benzene rings is 1. The van der Waals surface area contributed by atoms with Crippen LogP contribution >= 0.6 is 0 Å². The van der Waals surface area contributed by atoms with Crippen LogP contribution in [-0.4, -0.2) is 35.6 Å². The largest absolute Gasteiger partial charge is 0.481 e. The predicted molar refractivity (Wildman–Crippen MR) is 91.4 cm³/mol. The van der Waals surface area contributed by atoms with Gasteiger partial charge >= 0.3 is 12.0 Å². The van der Waals surface area contributed by atoms with E-state index in [1.165, 1.54) is 10.5 Å². The number of nitrogens with zero attached hydrogens (tertiary/aromatic N) is 1. The van der Waals surface area contributed by atoms with Gasteiger partial charge in [-0.05, 0) is 23.5 Å². The van der Waals surface area contributed by atoms with Crippen LogP contribution in [0.4, 0.5) is 4.79 Å². The van der Waals surface area contributed by atoms with Gasteiger partial charge in [0.05, 0.1) is 12.0 Å². The molecule has 128 valence electrons. The van der Waals surface area contributed by atoms with Gasteiger partial charge in [-0.1, -0.05) is 52.0 Å². The number of aryl methyl sites for hydroxylation is 1. The lowest BCUT2D eigenvalue weighted by Crippen LogP contribution is -2.43. The van der Waals surface area contributed by atoms with E-state index in [-0.39, 0.29) is 24.5 Å². The first kappa shape index (κ1) is 19.0. The molecule has 0 aliphatic carbocycles. The Labute approximate surface area is 138 Å². The Balaban J connectivity index is 2.78. The molecule has 2 atom stereocenters. The monoisotopic (exact) mass is 320 g/mol. The van der Waals surface area contributed by atoms with E-state index in [2.05, 4.69) is 38.2 Å². The van der Waals surface area contributed by atoms with Crippen molar-refractivity contribution in [2.45, 2.75) is 40.2 Å². The standard InChI is InChI=1S/C18H28N2O3/c1-6-14-7-9-15(10-8-14)16(12(2)3)19-18(23)20(5)11-13(4)17(21)22/h7-10,12-13,16H,6,11H2,1-5H3,(H,19,23)(H,21,22). The molecule has 2 unspecified atom stereocenters. The third-order valence-electron chi connectivity index (χ3n) is 4.01. The number of amides is 2. The van der Waals surface area contributed by atoms with Crippen LogP contribution in [0.3, 0.4) is 0 Å². The number of rotatable bonds is 7. The number of hydrogen-bond donors (Lipinski definition) is 2. The number of hydrogen-bond acceptors (Lipinski definition) is 2. The van der Waals surface area contributed by atoms with Crippen molar-refractivity contribution in [3.8, 4) is 0 Å². The van der Waals surface area contributed by atoms with Gasteiger partial charge in [-0.2, -0.15) is 0 Å². The molecule has 0 fully saturated rings. The highest BCUT2D eigenvalue weighted by Crippen LogP contribution is 2.22. The van der Waals surface area contributed by atoms with Crippen LogP contribution in [0.5, 0.6) is 0 Å². The SMILES string of the molecule is CCc1ccc(C(NC(=O)N(C)CC(C)C(=O)O)C(C)C)cc1. The van der Waals surface area contributed by atoms with E-state index in [1.807, 2.05) is 12.1 Å². The van der Waals surface area contributed by atoms with Gasteiger partial charge in [0, 0.05) is 13.6 Å². The van der Waals surface area contributed by atoms with Crippen molar-refractivity contribution in [2.24, 2.45) is 11.8 Å². The average molecular weight is 320 g/mol. The van der Waals surface area contributed by atoms with Crippen molar-refractivity contribution in [3.63, 3.8) is 0 Å². The molecule has 2 N–H and O–H groups in total. The van der Waals surface area contributed by atoms with E-state index in [0.29, 0.717) is 0 Å². The van der Waals surface area contributed by atoms with Crippen LogP contribution in [0, 0.1) is 11.8 Å². The van der Waals surface area contributed by atoms with Crippen molar-refractivity contribution in [3.05, 3.63) is 35.4 Å². The minimum Gasteiger partial charge on any atom is -0.481 e. The molecule has 5 nitrogen and oxygen atoms in total. The molecular weight excluding hydrogens is 292 g/mol. The lowest BCUT2D eigenvalue weighted by molar-refractivity contribution is -0.141.